The second-order valence-corrected chi connectivity index (χ2v) is 4.74. The molecule has 0 amide bonds. The van der Waals surface area contributed by atoms with Crippen molar-refractivity contribution in [3.63, 3.8) is 0 Å². The Morgan fingerprint density at radius 1 is 1.32 bits per heavy atom. The van der Waals surface area contributed by atoms with Gasteiger partial charge in [-0.2, -0.15) is 0 Å². The van der Waals surface area contributed by atoms with Gasteiger partial charge < -0.3 is 10.3 Å². The predicted octanol–water partition coefficient (Wildman–Crippen LogP) is 2.40. The van der Waals surface area contributed by atoms with Crippen LogP contribution in [0, 0.1) is 6.92 Å². The summed E-state index contributed by atoms with van der Waals surface area (Å²) in [5, 5.41) is 1.13. The Bertz CT molecular complexity index is 743. The highest BCUT2D eigenvalue weighted by Gasteiger charge is 2.12. The van der Waals surface area contributed by atoms with Crippen LogP contribution in [-0.4, -0.2) is 14.5 Å². The number of para-hydroxylation sites is 1. The Hall–Kier alpha value is -2.20. The molecule has 2 heterocycles. The minimum Gasteiger partial charge on any atom is -0.332 e. The summed E-state index contributed by atoms with van der Waals surface area (Å²) in [6.07, 6.45) is 3.60. The van der Waals surface area contributed by atoms with Crippen LogP contribution in [0.3, 0.4) is 0 Å². The molecule has 3 aromatic rings. The number of imidazole rings is 1. The minimum atomic E-state index is 0.470. The maximum atomic E-state index is 5.87. The van der Waals surface area contributed by atoms with Gasteiger partial charge in [0, 0.05) is 19.0 Å². The molecule has 19 heavy (non-hydrogen) atoms. The summed E-state index contributed by atoms with van der Waals surface area (Å²) < 4.78 is 1.96. The molecule has 2 N–H and O–H groups in total. The van der Waals surface area contributed by atoms with Crippen molar-refractivity contribution >= 4 is 10.9 Å². The van der Waals surface area contributed by atoms with Gasteiger partial charge in [-0.15, -0.1) is 0 Å². The molecule has 0 aliphatic rings. The summed E-state index contributed by atoms with van der Waals surface area (Å²) in [6.45, 7) is 2.54. The average Bonchev–Trinajstić information content (AvgIpc) is 2.84. The molecule has 0 aliphatic carbocycles. The maximum absolute atomic E-state index is 5.87. The first kappa shape index (κ1) is 11.9. The molecule has 0 atom stereocenters. The highest BCUT2D eigenvalue weighted by atomic mass is 15.0. The number of benzene rings is 1. The van der Waals surface area contributed by atoms with E-state index in [0.29, 0.717) is 6.54 Å². The van der Waals surface area contributed by atoms with Crippen LogP contribution in [0.25, 0.3) is 22.3 Å². The summed E-state index contributed by atoms with van der Waals surface area (Å²) in [5.74, 6) is 0. The van der Waals surface area contributed by atoms with Crippen molar-refractivity contribution in [1.82, 2.24) is 14.5 Å². The van der Waals surface area contributed by atoms with Gasteiger partial charge in [0.25, 0.3) is 0 Å². The van der Waals surface area contributed by atoms with Gasteiger partial charge in [0.2, 0.25) is 0 Å². The third kappa shape index (κ3) is 1.90. The van der Waals surface area contributed by atoms with Crippen LogP contribution in [0.4, 0.5) is 0 Å². The molecule has 0 saturated heterocycles. The number of nitrogens with two attached hydrogens (primary N) is 1. The van der Waals surface area contributed by atoms with Gasteiger partial charge in [0.05, 0.1) is 29.4 Å². The Morgan fingerprint density at radius 2 is 2.16 bits per heavy atom. The van der Waals surface area contributed by atoms with Gasteiger partial charge in [-0.05, 0) is 24.1 Å². The lowest BCUT2D eigenvalue weighted by atomic mass is 10.0. The number of hydrogen-bond donors (Lipinski definition) is 1. The quantitative estimate of drug-likeness (QED) is 0.762. The molecule has 2 aromatic heterocycles. The first-order valence-corrected chi connectivity index (χ1v) is 6.26. The summed E-state index contributed by atoms with van der Waals surface area (Å²) >= 11 is 0. The van der Waals surface area contributed by atoms with Crippen LogP contribution < -0.4 is 5.73 Å². The second-order valence-electron chi connectivity index (χ2n) is 4.74. The zero-order valence-corrected chi connectivity index (χ0v) is 11.1. The fourth-order valence-corrected chi connectivity index (χ4v) is 2.35. The molecule has 4 nitrogen and oxygen atoms in total. The van der Waals surface area contributed by atoms with E-state index in [-0.39, 0.29) is 0 Å². The van der Waals surface area contributed by atoms with E-state index in [1.807, 2.05) is 23.9 Å². The van der Waals surface area contributed by atoms with Crippen LogP contribution >= 0.6 is 0 Å². The number of pyridine rings is 1. The van der Waals surface area contributed by atoms with Crippen molar-refractivity contribution in [1.29, 1.82) is 0 Å². The lowest BCUT2D eigenvalue weighted by molar-refractivity contribution is 0.912. The number of rotatable bonds is 2. The molecule has 0 radical (unpaired) electrons. The molecule has 0 spiro atoms. The van der Waals surface area contributed by atoms with Gasteiger partial charge >= 0.3 is 0 Å². The van der Waals surface area contributed by atoms with E-state index in [1.54, 1.807) is 6.33 Å². The van der Waals surface area contributed by atoms with Crippen LogP contribution in [0.5, 0.6) is 0 Å². The van der Waals surface area contributed by atoms with Gasteiger partial charge in [0.1, 0.15) is 0 Å². The average molecular weight is 252 g/mol. The van der Waals surface area contributed by atoms with Crippen LogP contribution in [0.15, 0.2) is 36.8 Å². The van der Waals surface area contributed by atoms with Crippen molar-refractivity contribution in [2.75, 3.05) is 0 Å². The summed E-state index contributed by atoms with van der Waals surface area (Å²) in [7, 11) is 1.96. The van der Waals surface area contributed by atoms with Crippen LogP contribution in [0.1, 0.15) is 11.1 Å². The number of aromatic nitrogens is 3. The second kappa shape index (κ2) is 4.48. The molecule has 0 aliphatic heterocycles. The minimum absolute atomic E-state index is 0.470. The Balaban J connectivity index is 2.34. The van der Waals surface area contributed by atoms with Gasteiger partial charge in [-0.3, -0.25) is 0 Å². The monoisotopic (exact) mass is 252 g/mol. The lowest BCUT2D eigenvalue weighted by Crippen LogP contribution is -2.04. The first-order chi connectivity index (χ1) is 9.20. The number of aryl methyl sites for hydroxylation is 2. The van der Waals surface area contributed by atoms with E-state index < -0.39 is 0 Å². The highest BCUT2D eigenvalue weighted by molar-refractivity contribution is 5.85. The molecule has 0 fully saturated rings. The Morgan fingerprint density at radius 3 is 2.84 bits per heavy atom. The molecular weight excluding hydrogens is 236 g/mol. The van der Waals surface area contributed by atoms with E-state index in [0.717, 1.165) is 27.9 Å². The largest absolute Gasteiger partial charge is 0.332 e. The summed E-state index contributed by atoms with van der Waals surface area (Å²) in [6, 6.07) is 8.31. The lowest BCUT2D eigenvalue weighted by Gasteiger charge is -2.10. The first-order valence-electron chi connectivity index (χ1n) is 6.26. The zero-order valence-electron chi connectivity index (χ0n) is 11.1. The summed E-state index contributed by atoms with van der Waals surface area (Å²) in [4.78, 5) is 8.97. The zero-order chi connectivity index (χ0) is 13.4. The fourth-order valence-electron chi connectivity index (χ4n) is 2.35. The molecule has 96 valence electrons. The van der Waals surface area contributed by atoms with E-state index in [9.17, 15) is 0 Å². The van der Waals surface area contributed by atoms with Gasteiger partial charge in [0.15, 0.2) is 0 Å². The van der Waals surface area contributed by atoms with Crippen molar-refractivity contribution < 1.29 is 0 Å². The van der Waals surface area contributed by atoms with E-state index in [4.69, 9.17) is 10.7 Å². The predicted molar refractivity (Wildman–Crippen MR) is 76.6 cm³/mol. The highest BCUT2D eigenvalue weighted by Crippen LogP contribution is 2.26. The van der Waals surface area contributed by atoms with E-state index in [2.05, 4.69) is 30.1 Å². The standard InChI is InChI=1S/C15H16N4/c1-10-4-3-5-11-6-12(7-16)15(18-14(10)11)13-8-17-9-19(13)2/h3-6,8-9H,7,16H2,1-2H3. The van der Waals surface area contributed by atoms with Crippen LogP contribution in [-0.2, 0) is 13.6 Å². The fraction of sp³-hybridized carbons (Fsp3) is 0.200. The number of hydrogen-bond acceptors (Lipinski definition) is 3. The van der Waals surface area contributed by atoms with E-state index >= 15 is 0 Å². The SMILES string of the molecule is Cc1cccc2cc(CN)c(-c3cncn3C)nc12. The number of fused-ring (bicyclic) bond motifs is 1. The third-order valence-electron chi connectivity index (χ3n) is 3.41. The molecular formula is C15H16N4. The van der Waals surface area contributed by atoms with Crippen LogP contribution in [0.2, 0.25) is 0 Å². The summed E-state index contributed by atoms with van der Waals surface area (Å²) in [5.41, 5.74) is 11.0. The van der Waals surface area contributed by atoms with Crippen molar-refractivity contribution in [3.8, 4) is 11.4 Å². The molecule has 3 rings (SSSR count). The Labute approximate surface area is 111 Å². The molecule has 4 heteroatoms. The van der Waals surface area contributed by atoms with Crippen molar-refractivity contribution in [2.24, 2.45) is 12.8 Å². The third-order valence-corrected chi connectivity index (χ3v) is 3.41. The van der Waals surface area contributed by atoms with Crippen molar-refractivity contribution in [3.05, 3.63) is 47.9 Å². The smallest absolute Gasteiger partial charge is 0.0948 e. The molecule has 0 saturated carbocycles. The Kier molecular flexibility index (Phi) is 2.80. The van der Waals surface area contributed by atoms with Gasteiger partial charge in [-0.1, -0.05) is 18.2 Å². The van der Waals surface area contributed by atoms with Gasteiger partial charge in [-0.25, -0.2) is 9.97 Å². The molecule has 0 unspecified atom stereocenters. The van der Waals surface area contributed by atoms with E-state index in [1.165, 1.54) is 5.56 Å². The topological polar surface area (TPSA) is 56.7 Å². The van der Waals surface area contributed by atoms with Crippen molar-refractivity contribution in [2.45, 2.75) is 13.5 Å². The molecule has 0 bridgehead atoms. The maximum Gasteiger partial charge on any atom is 0.0948 e. The number of nitrogens with zero attached hydrogens (tertiary/aromatic N) is 3. The normalized spacial score (nSPS) is 11.1. The molecule has 1 aromatic carbocycles.